The average Bonchev–Trinajstić information content (AvgIpc) is 3.12. The molecule has 0 atom stereocenters. The maximum Gasteiger partial charge on any atom is 0.249 e. The van der Waals surface area contributed by atoms with Gasteiger partial charge in [0, 0.05) is 10.9 Å². The lowest BCUT2D eigenvalue weighted by Crippen LogP contribution is -2.02. The predicted octanol–water partition coefficient (Wildman–Crippen LogP) is 1.66. The minimum Gasteiger partial charge on any atom is -0.471 e. The van der Waals surface area contributed by atoms with Crippen LogP contribution in [-0.2, 0) is 6.61 Å². The van der Waals surface area contributed by atoms with E-state index in [0.29, 0.717) is 23.7 Å². The van der Waals surface area contributed by atoms with E-state index in [1.807, 2.05) is 24.3 Å². The smallest absolute Gasteiger partial charge is 0.249 e. The van der Waals surface area contributed by atoms with Gasteiger partial charge in [-0.2, -0.15) is 15.2 Å². The fourth-order valence-electron chi connectivity index (χ4n) is 2.17. The van der Waals surface area contributed by atoms with Gasteiger partial charge in [-0.05, 0) is 12.1 Å². The predicted molar refractivity (Wildman–Crippen MR) is 74.4 cm³/mol. The van der Waals surface area contributed by atoms with Crippen molar-refractivity contribution in [2.45, 2.75) is 6.61 Å². The number of aromatic nitrogens is 5. The number of nitrogens with one attached hydrogen (secondary N) is 1. The molecule has 3 N–H and O–H groups in total. The van der Waals surface area contributed by atoms with Crippen molar-refractivity contribution < 1.29 is 9.15 Å². The van der Waals surface area contributed by atoms with Crippen molar-refractivity contribution in [3.05, 3.63) is 36.1 Å². The highest BCUT2D eigenvalue weighted by Crippen LogP contribution is 2.23. The zero-order chi connectivity index (χ0) is 14.2. The van der Waals surface area contributed by atoms with E-state index in [4.69, 9.17) is 14.9 Å². The molecule has 3 aromatic heterocycles. The highest BCUT2D eigenvalue weighted by atomic mass is 16.5. The van der Waals surface area contributed by atoms with Gasteiger partial charge in [-0.3, -0.25) is 0 Å². The van der Waals surface area contributed by atoms with E-state index in [9.17, 15) is 0 Å². The molecular weight excluding hydrogens is 272 g/mol. The van der Waals surface area contributed by atoms with Gasteiger partial charge in [0.2, 0.25) is 17.5 Å². The van der Waals surface area contributed by atoms with Gasteiger partial charge >= 0.3 is 0 Å². The summed E-state index contributed by atoms with van der Waals surface area (Å²) in [4.78, 5) is 8.01. The molecule has 0 amide bonds. The third-order valence-electron chi connectivity index (χ3n) is 3.12. The molecule has 0 bridgehead atoms. The van der Waals surface area contributed by atoms with Crippen molar-refractivity contribution in [1.82, 2.24) is 25.4 Å². The van der Waals surface area contributed by atoms with Crippen LogP contribution < -0.4 is 10.5 Å². The van der Waals surface area contributed by atoms with Crippen LogP contribution in [0.4, 0.5) is 5.95 Å². The molecule has 3 heterocycles. The van der Waals surface area contributed by atoms with Crippen molar-refractivity contribution >= 4 is 28.1 Å². The number of hydrogen-bond donors (Lipinski definition) is 2. The molecule has 0 radical (unpaired) electrons. The van der Waals surface area contributed by atoms with Crippen LogP contribution in [0.2, 0.25) is 0 Å². The molecule has 0 aliphatic carbocycles. The van der Waals surface area contributed by atoms with Crippen molar-refractivity contribution in [3.8, 4) is 5.88 Å². The molecule has 0 fully saturated rings. The zero-order valence-corrected chi connectivity index (χ0v) is 10.8. The summed E-state index contributed by atoms with van der Waals surface area (Å²) in [5, 5.41) is 11.3. The lowest BCUT2D eigenvalue weighted by Gasteiger charge is -2.06. The van der Waals surface area contributed by atoms with E-state index in [0.717, 1.165) is 16.5 Å². The molecule has 8 heteroatoms. The second-order valence-corrected chi connectivity index (χ2v) is 4.42. The van der Waals surface area contributed by atoms with E-state index < -0.39 is 0 Å². The quantitative estimate of drug-likeness (QED) is 0.587. The molecule has 0 spiro atoms. The summed E-state index contributed by atoms with van der Waals surface area (Å²) in [6.07, 6.45) is 1.65. The number of furan rings is 1. The standard InChI is InChI=1S/C13H10N6O2/c14-13-15-11-10(17-19-18-11)12(16-13)21-6-7-2-1-3-9-8(7)4-5-20-9/h1-5H,6H2,(H3,14,15,16,17,18,19). The number of fused-ring (bicyclic) bond motifs is 2. The monoisotopic (exact) mass is 282 g/mol. The highest BCUT2D eigenvalue weighted by Gasteiger charge is 2.12. The Bertz CT molecular complexity index is 929. The van der Waals surface area contributed by atoms with Crippen molar-refractivity contribution in [2.75, 3.05) is 5.73 Å². The summed E-state index contributed by atoms with van der Waals surface area (Å²) in [6, 6.07) is 7.67. The molecule has 21 heavy (non-hydrogen) atoms. The van der Waals surface area contributed by atoms with Gasteiger partial charge in [-0.15, -0.1) is 10.2 Å². The molecule has 0 unspecified atom stereocenters. The number of anilines is 1. The van der Waals surface area contributed by atoms with E-state index in [1.54, 1.807) is 6.26 Å². The molecular formula is C13H10N6O2. The summed E-state index contributed by atoms with van der Waals surface area (Å²) in [5.41, 5.74) is 8.24. The third-order valence-corrected chi connectivity index (χ3v) is 3.12. The second-order valence-electron chi connectivity index (χ2n) is 4.42. The van der Waals surface area contributed by atoms with Gasteiger partial charge in [0.15, 0.2) is 5.52 Å². The average molecular weight is 282 g/mol. The molecule has 4 rings (SSSR count). The van der Waals surface area contributed by atoms with E-state index in [1.165, 1.54) is 0 Å². The molecule has 0 saturated carbocycles. The Balaban J connectivity index is 1.69. The molecule has 0 aliphatic rings. The van der Waals surface area contributed by atoms with Crippen molar-refractivity contribution in [3.63, 3.8) is 0 Å². The van der Waals surface area contributed by atoms with E-state index in [-0.39, 0.29) is 5.95 Å². The van der Waals surface area contributed by atoms with Crippen LogP contribution >= 0.6 is 0 Å². The Hall–Kier alpha value is -3.16. The Morgan fingerprint density at radius 2 is 2.14 bits per heavy atom. The summed E-state index contributed by atoms with van der Waals surface area (Å²) >= 11 is 0. The van der Waals surface area contributed by atoms with Crippen LogP contribution in [0.1, 0.15) is 5.56 Å². The van der Waals surface area contributed by atoms with E-state index >= 15 is 0 Å². The van der Waals surface area contributed by atoms with Crippen molar-refractivity contribution in [1.29, 1.82) is 0 Å². The molecule has 8 nitrogen and oxygen atoms in total. The normalized spacial score (nSPS) is 11.2. The summed E-state index contributed by atoms with van der Waals surface area (Å²) in [5.74, 6) is 0.389. The number of nitrogens with zero attached hydrogens (tertiary/aromatic N) is 4. The van der Waals surface area contributed by atoms with Gasteiger partial charge in [0.1, 0.15) is 12.2 Å². The zero-order valence-electron chi connectivity index (χ0n) is 10.8. The minimum absolute atomic E-state index is 0.0907. The first kappa shape index (κ1) is 11.6. The SMILES string of the molecule is Nc1nc(OCc2cccc3occc23)c2n[nH]nc2n1. The molecule has 0 saturated heterocycles. The maximum atomic E-state index is 5.73. The molecule has 4 aromatic rings. The van der Waals surface area contributed by atoms with Crippen molar-refractivity contribution in [2.24, 2.45) is 0 Å². The lowest BCUT2D eigenvalue weighted by molar-refractivity contribution is 0.299. The highest BCUT2D eigenvalue weighted by molar-refractivity contribution is 5.81. The minimum atomic E-state index is 0.0907. The Kier molecular flexibility index (Phi) is 2.46. The lowest BCUT2D eigenvalue weighted by atomic mass is 10.1. The molecule has 104 valence electrons. The first-order valence-corrected chi connectivity index (χ1v) is 6.23. The number of H-pyrrole nitrogens is 1. The first-order valence-electron chi connectivity index (χ1n) is 6.23. The van der Waals surface area contributed by atoms with Crippen LogP contribution in [0.5, 0.6) is 5.88 Å². The topological polar surface area (TPSA) is 116 Å². The van der Waals surface area contributed by atoms with E-state index in [2.05, 4.69) is 25.4 Å². The van der Waals surface area contributed by atoms with Gasteiger partial charge < -0.3 is 14.9 Å². The van der Waals surface area contributed by atoms with Gasteiger partial charge in [-0.25, -0.2) is 0 Å². The van der Waals surface area contributed by atoms with Gasteiger partial charge in [0.25, 0.3) is 0 Å². The number of nitrogen functional groups attached to an aromatic ring is 1. The molecule has 1 aromatic carbocycles. The first-order chi connectivity index (χ1) is 10.3. The molecule has 0 aliphatic heterocycles. The number of nitrogens with two attached hydrogens (primary N) is 1. The number of benzene rings is 1. The number of rotatable bonds is 3. The second kappa shape index (κ2) is 4.44. The third kappa shape index (κ3) is 1.93. The summed E-state index contributed by atoms with van der Waals surface area (Å²) in [6.45, 7) is 0.315. The largest absolute Gasteiger partial charge is 0.471 e. The van der Waals surface area contributed by atoms with Crippen LogP contribution in [0.25, 0.3) is 22.1 Å². The number of ether oxygens (including phenoxy) is 1. The fraction of sp³-hybridized carbons (Fsp3) is 0.0769. The van der Waals surface area contributed by atoms with Crippen LogP contribution in [-0.4, -0.2) is 25.4 Å². The number of aromatic amines is 1. The summed E-state index contributed by atoms with van der Waals surface area (Å²) < 4.78 is 11.1. The Morgan fingerprint density at radius 1 is 1.19 bits per heavy atom. The fourth-order valence-corrected chi connectivity index (χ4v) is 2.17. The number of hydrogen-bond acceptors (Lipinski definition) is 7. The van der Waals surface area contributed by atoms with Gasteiger partial charge in [-0.1, -0.05) is 12.1 Å². The van der Waals surface area contributed by atoms with Crippen LogP contribution in [0, 0.1) is 0 Å². The van der Waals surface area contributed by atoms with Crippen LogP contribution in [0.3, 0.4) is 0 Å². The summed E-state index contributed by atoms with van der Waals surface area (Å²) in [7, 11) is 0. The maximum absolute atomic E-state index is 5.73. The van der Waals surface area contributed by atoms with Gasteiger partial charge in [0.05, 0.1) is 6.26 Å². The van der Waals surface area contributed by atoms with Crippen LogP contribution in [0.15, 0.2) is 34.9 Å². The Labute approximate surface area is 117 Å². The Morgan fingerprint density at radius 3 is 3.10 bits per heavy atom.